The molecule has 1 fully saturated rings. The van der Waals surface area contributed by atoms with Gasteiger partial charge in [-0.3, -0.25) is 14.6 Å². The number of halogens is 3. The van der Waals surface area contributed by atoms with Crippen LogP contribution in [0.1, 0.15) is 28.8 Å². The van der Waals surface area contributed by atoms with E-state index in [1.807, 2.05) is 11.0 Å². The highest BCUT2D eigenvalue weighted by molar-refractivity contribution is 6.31. The van der Waals surface area contributed by atoms with E-state index in [-0.39, 0.29) is 17.7 Å². The van der Waals surface area contributed by atoms with E-state index in [4.69, 9.17) is 11.6 Å². The number of carboxylic acids is 1. The summed E-state index contributed by atoms with van der Waals surface area (Å²) in [5, 5.41) is 11.5. The maximum atomic E-state index is 13.6. The first-order valence-electron chi connectivity index (χ1n) is 11.4. The number of nitrogens with zero attached hydrogens (tertiary/aromatic N) is 2. The molecule has 0 amide bonds. The van der Waals surface area contributed by atoms with E-state index in [1.54, 1.807) is 42.6 Å². The Labute approximate surface area is 206 Å². The normalized spacial score (nSPS) is 16.1. The maximum Gasteiger partial charge on any atom is 0.325 e. The SMILES string of the molecule is O=C(O)[C@@H](c1c[nH]c2ccc(Cl)cc12)N1CCN(C(c2ccc(F)cc2)c2ccc(F)cc2)CC1. The fourth-order valence-electron chi connectivity index (χ4n) is 4.98. The summed E-state index contributed by atoms with van der Waals surface area (Å²) >= 11 is 6.18. The molecule has 1 atom stereocenters. The van der Waals surface area contributed by atoms with Crippen LogP contribution in [-0.2, 0) is 4.79 Å². The van der Waals surface area contributed by atoms with Crippen molar-refractivity contribution in [3.05, 3.63) is 106 Å². The Morgan fingerprint density at radius 2 is 1.40 bits per heavy atom. The first kappa shape index (κ1) is 23.5. The summed E-state index contributed by atoms with van der Waals surface area (Å²) in [6.07, 6.45) is 1.74. The number of aromatic nitrogens is 1. The molecule has 3 aromatic carbocycles. The van der Waals surface area contributed by atoms with Gasteiger partial charge in [0.1, 0.15) is 17.7 Å². The Morgan fingerprint density at radius 3 is 1.94 bits per heavy atom. The third kappa shape index (κ3) is 4.80. The van der Waals surface area contributed by atoms with Crippen LogP contribution < -0.4 is 0 Å². The number of carboxylic acid groups (broad SMARTS) is 1. The highest BCUT2D eigenvalue weighted by atomic mass is 35.5. The number of piperazine rings is 1. The molecular formula is C27H24ClF2N3O2. The molecule has 0 aliphatic carbocycles. The maximum absolute atomic E-state index is 13.6. The molecule has 1 aliphatic heterocycles. The van der Waals surface area contributed by atoms with Gasteiger partial charge in [-0.05, 0) is 53.6 Å². The fourth-order valence-corrected chi connectivity index (χ4v) is 5.16. The predicted molar refractivity (Wildman–Crippen MR) is 131 cm³/mol. The highest BCUT2D eigenvalue weighted by Crippen LogP contribution is 2.34. The van der Waals surface area contributed by atoms with E-state index in [0.717, 1.165) is 22.0 Å². The molecule has 2 heterocycles. The van der Waals surface area contributed by atoms with Gasteiger partial charge in [-0.15, -0.1) is 0 Å². The van der Waals surface area contributed by atoms with Gasteiger partial charge in [0, 0.05) is 53.9 Å². The molecule has 1 aromatic heterocycles. The van der Waals surface area contributed by atoms with Gasteiger partial charge < -0.3 is 10.1 Å². The molecule has 0 spiro atoms. The van der Waals surface area contributed by atoms with E-state index >= 15 is 0 Å². The standard InChI is InChI=1S/C27H24ClF2N3O2/c28-19-5-10-24-22(15-19)23(16-31-24)26(27(34)35)33-13-11-32(12-14-33)25(17-1-6-20(29)7-2-17)18-3-8-21(30)9-4-18/h1-10,15-16,25-26,31H,11-14H2,(H,34,35)/t26-/m1/s1. The Bertz CT molecular complexity index is 1290. The van der Waals surface area contributed by atoms with Crippen LogP contribution in [-0.4, -0.2) is 52.0 Å². The molecular weight excluding hydrogens is 472 g/mol. The van der Waals surface area contributed by atoms with Crippen LogP contribution in [0.5, 0.6) is 0 Å². The minimum absolute atomic E-state index is 0.200. The van der Waals surface area contributed by atoms with Crippen LogP contribution >= 0.6 is 11.6 Å². The number of carbonyl (C=O) groups is 1. The quantitative estimate of drug-likeness (QED) is 0.364. The number of aliphatic carboxylic acids is 1. The lowest BCUT2D eigenvalue weighted by molar-refractivity contribution is -0.144. The van der Waals surface area contributed by atoms with Crippen LogP contribution in [0, 0.1) is 11.6 Å². The summed E-state index contributed by atoms with van der Waals surface area (Å²) in [6, 6.07) is 17.0. The average Bonchev–Trinajstić information content (AvgIpc) is 3.25. The molecule has 0 unspecified atom stereocenters. The first-order chi connectivity index (χ1) is 16.9. The zero-order chi connectivity index (χ0) is 24.5. The highest BCUT2D eigenvalue weighted by Gasteiger charge is 2.34. The van der Waals surface area contributed by atoms with Crippen LogP contribution in [0.4, 0.5) is 8.78 Å². The van der Waals surface area contributed by atoms with Gasteiger partial charge in [0.05, 0.1) is 6.04 Å². The van der Waals surface area contributed by atoms with Gasteiger partial charge in [-0.1, -0.05) is 35.9 Å². The molecule has 1 aliphatic rings. The minimum Gasteiger partial charge on any atom is -0.480 e. The van der Waals surface area contributed by atoms with E-state index in [1.165, 1.54) is 24.3 Å². The van der Waals surface area contributed by atoms with Gasteiger partial charge in [-0.25, -0.2) is 8.78 Å². The molecule has 1 saturated heterocycles. The number of aromatic amines is 1. The second-order valence-corrected chi connectivity index (χ2v) is 9.19. The third-order valence-electron chi connectivity index (χ3n) is 6.65. The number of rotatable bonds is 6. The molecule has 180 valence electrons. The number of nitrogens with one attached hydrogen (secondary N) is 1. The molecule has 5 rings (SSSR count). The van der Waals surface area contributed by atoms with Crippen LogP contribution in [0.25, 0.3) is 10.9 Å². The number of hydrogen-bond acceptors (Lipinski definition) is 3. The molecule has 0 saturated carbocycles. The second kappa shape index (κ2) is 9.77. The molecule has 5 nitrogen and oxygen atoms in total. The summed E-state index contributed by atoms with van der Waals surface area (Å²) < 4.78 is 27.2. The van der Waals surface area contributed by atoms with Crippen molar-refractivity contribution >= 4 is 28.5 Å². The number of hydrogen-bond donors (Lipinski definition) is 2. The van der Waals surface area contributed by atoms with Crippen molar-refractivity contribution in [3.63, 3.8) is 0 Å². The van der Waals surface area contributed by atoms with Crippen molar-refractivity contribution in [2.75, 3.05) is 26.2 Å². The van der Waals surface area contributed by atoms with Crippen LogP contribution in [0.15, 0.2) is 72.9 Å². The zero-order valence-electron chi connectivity index (χ0n) is 18.8. The topological polar surface area (TPSA) is 59.6 Å². The summed E-state index contributed by atoms with van der Waals surface area (Å²) in [6.45, 7) is 2.21. The van der Waals surface area contributed by atoms with E-state index < -0.39 is 12.0 Å². The largest absolute Gasteiger partial charge is 0.480 e. The van der Waals surface area contributed by atoms with Crippen LogP contribution in [0.2, 0.25) is 5.02 Å². The van der Waals surface area contributed by atoms with Gasteiger partial charge in [0.15, 0.2) is 0 Å². The lowest BCUT2D eigenvalue weighted by atomic mass is 9.95. The monoisotopic (exact) mass is 495 g/mol. The lowest BCUT2D eigenvalue weighted by Gasteiger charge is -2.41. The first-order valence-corrected chi connectivity index (χ1v) is 11.8. The van der Waals surface area contributed by atoms with Gasteiger partial charge in [0.25, 0.3) is 0 Å². The Kier molecular flexibility index (Phi) is 6.56. The fraction of sp³-hybridized carbons (Fsp3) is 0.222. The summed E-state index contributed by atoms with van der Waals surface area (Å²) in [4.78, 5) is 19.7. The molecule has 35 heavy (non-hydrogen) atoms. The van der Waals surface area contributed by atoms with Crippen molar-refractivity contribution in [3.8, 4) is 0 Å². The smallest absolute Gasteiger partial charge is 0.325 e. The molecule has 0 bridgehead atoms. The summed E-state index contributed by atoms with van der Waals surface area (Å²) in [5.74, 6) is -1.56. The van der Waals surface area contributed by atoms with Crippen molar-refractivity contribution < 1.29 is 18.7 Å². The van der Waals surface area contributed by atoms with E-state index in [9.17, 15) is 18.7 Å². The number of H-pyrrole nitrogens is 1. The van der Waals surface area contributed by atoms with Crippen molar-refractivity contribution in [1.29, 1.82) is 0 Å². The minimum atomic E-state index is -0.923. The van der Waals surface area contributed by atoms with Crippen LogP contribution in [0.3, 0.4) is 0 Å². The lowest BCUT2D eigenvalue weighted by Crippen LogP contribution is -2.50. The Morgan fingerprint density at radius 1 is 0.857 bits per heavy atom. The summed E-state index contributed by atoms with van der Waals surface area (Å²) in [7, 11) is 0. The van der Waals surface area contributed by atoms with Gasteiger partial charge in [-0.2, -0.15) is 0 Å². The van der Waals surface area contributed by atoms with Crippen molar-refractivity contribution in [2.24, 2.45) is 0 Å². The average molecular weight is 496 g/mol. The number of fused-ring (bicyclic) bond motifs is 1. The third-order valence-corrected chi connectivity index (χ3v) is 6.89. The van der Waals surface area contributed by atoms with E-state index in [0.29, 0.717) is 36.8 Å². The Balaban J connectivity index is 1.41. The summed E-state index contributed by atoms with van der Waals surface area (Å²) in [5.41, 5.74) is 3.30. The van der Waals surface area contributed by atoms with Crippen molar-refractivity contribution in [1.82, 2.24) is 14.8 Å². The Hall–Kier alpha value is -3.26. The second-order valence-electron chi connectivity index (χ2n) is 8.75. The van der Waals surface area contributed by atoms with Gasteiger partial charge in [0.2, 0.25) is 0 Å². The van der Waals surface area contributed by atoms with Crippen molar-refractivity contribution in [2.45, 2.75) is 12.1 Å². The molecule has 0 radical (unpaired) electrons. The predicted octanol–water partition coefficient (Wildman–Crippen LogP) is 5.63. The number of benzene rings is 3. The molecule has 4 aromatic rings. The van der Waals surface area contributed by atoms with E-state index in [2.05, 4.69) is 9.88 Å². The van der Waals surface area contributed by atoms with Gasteiger partial charge >= 0.3 is 5.97 Å². The molecule has 8 heteroatoms. The zero-order valence-corrected chi connectivity index (χ0v) is 19.6. The molecule has 2 N–H and O–H groups in total.